The summed E-state index contributed by atoms with van der Waals surface area (Å²) in [6, 6.07) is 0.585. The highest BCUT2D eigenvalue weighted by Gasteiger charge is 2.31. The molecule has 0 bridgehead atoms. The molecule has 0 aliphatic carbocycles. The van der Waals surface area contributed by atoms with Crippen molar-refractivity contribution in [2.75, 3.05) is 18.1 Å². The standard InChI is InChI=1S/C14H23N3O2S/c1-10-14(8-12-4-3-6-15-12)11(2)17(16-10)13-5-7-20(18,19)9-13/h12-13,15H,3-9H2,1-2H3. The van der Waals surface area contributed by atoms with Crippen LogP contribution in [0.1, 0.15) is 42.3 Å². The van der Waals surface area contributed by atoms with Gasteiger partial charge in [0.1, 0.15) is 0 Å². The molecule has 6 heteroatoms. The first kappa shape index (κ1) is 14.1. The number of hydrogen-bond acceptors (Lipinski definition) is 4. The summed E-state index contributed by atoms with van der Waals surface area (Å²) in [6.45, 7) is 5.23. The van der Waals surface area contributed by atoms with Crippen molar-refractivity contribution in [3.05, 3.63) is 17.0 Å². The van der Waals surface area contributed by atoms with Gasteiger partial charge in [-0.1, -0.05) is 0 Å². The van der Waals surface area contributed by atoms with Crippen LogP contribution >= 0.6 is 0 Å². The first-order valence-electron chi connectivity index (χ1n) is 7.44. The zero-order valence-electron chi connectivity index (χ0n) is 12.2. The number of aryl methyl sites for hydroxylation is 1. The Balaban J connectivity index is 1.83. The molecule has 0 aromatic carbocycles. The fourth-order valence-electron chi connectivity index (χ4n) is 3.49. The van der Waals surface area contributed by atoms with Crippen LogP contribution in [-0.2, 0) is 16.3 Å². The van der Waals surface area contributed by atoms with Gasteiger partial charge in [-0.05, 0) is 51.6 Å². The molecule has 1 aromatic rings. The Morgan fingerprint density at radius 1 is 1.35 bits per heavy atom. The summed E-state index contributed by atoms with van der Waals surface area (Å²) in [6.07, 6.45) is 4.18. The summed E-state index contributed by atoms with van der Waals surface area (Å²) in [5.74, 6) is 0.547. The smallest absolute Gasteiger partial charge is 0.152 e. The number of rotatable bonds is 3. The van der Waals surface area contributed by atoms with Crippen LogP contribution in [-0.4, -0.2) is 42.3 Å². The van der Waals surface area contributed by atoms with Crippen molar-refractivity contribution in [1.82, 2.24) is 15.1 Å². The summed E-state index contributed by atoms with van der Waals surface area (Å²) in [7, 11) is -2.86. The van der Waals surface area contributed by atoms with E-state index in [9.17, 15) is 8.42 Å². The zero-order valence-corrected chi connectivity index (χ0v) is 13.0. The molecular formula is C14H23N3O2S. The lowest BCUT2D eigenvalue weighted by Crippen LogP contribution is -2.24. The molecule has 0 amide bonds. The summed E-state index contributed by atoms with van der Waals surface area (Å²) in [4.78, 5) is 0. The van der Waals surface area contributed by atoms with Crippen LogP contribution in [0.3, 0.4) is 0 Å². The molecule has 1 N–H and O–H groups in total. The Kier molecular flexibility index (Phi) is 3.62. The van der Waals surface area contributed by atoms with Gasteiger partial charge in [0.2, 0.25) is 0 Å². The summed E-state index contributed by atoms with van der Waals surface area (Å²) in [5.41, 5.74) is 3.51. The van der Waals surface area contributed by atoms with E-state index in [4.69, 9.17) is 0 Å². The fraction of sp³-hybridized carbons (Fsp3) is 0.786. The van der Waals surface area contributed by atoms with Crippen molar-refractivity contribution >= 4 is 9.84 Å². The van der Waals surface area contributed by atoms with Gasteiger partial charge < -0.3 is 5.32 Å². The van der Waals surface area contributed by atoms with Crippen LogP contribution in [0.5, 0.6) is 0 Å². The number of nitrogens with one attached hydrogen (secondary N) is 1. The molecule has 5 nitrogen and oxygen atoms in total. The molecule has 2 aliphatic rings. The van der Waals surface area contributed by atoms with Gasteiger partial charge in [-0.3, -0.25) is 4.68 Å². The van der Waals surface area contributed by atoms with Gasteiger partial charge in [0, 0.05) is 11.7 Å². The van der Waals surface area contributed by atoms with E-state index in [1.165, 1.54) is 18.4 Å². The number of nitrogens with zero attached hydrogens (tertiary/aromatic N) is 2. The number of hydrogen-bond donors (Lipinski definition) is 1. The van der Waals surface area contributed by atoms with Crippen LogP contribution in [0, 0.1) is 13.8 Å². The quantitative estimate of drug-likeness (QED) is 0.909. The SMILES string of the molecule is Cc1nn(C2CCS(=O)(=O)C2)c(C)c1CC1CCCN1. The maximum atomic E-state index is 11.6. The fourth-order valence-corrected chi connectivity index (χ4v) is 5.19. The van der Waals surface area contributed by atoms with E-state index >= 15 is 0 Å². The van der Waals surface area contributed by atoms with Crippen LogP contribution < -0.4 is 5.32 Å². The lowest BCUT2D eigenvalue weighted by molar-refractivity contribution is 0.484. The second-order valence-electron chi connectivity index (χ2n) is 6.15. The van der Waals surface area contributed by atoms with Crippen LogP contribution in [0.25, 0.3) is 0 Å². The van der Waals surface area contributed by atoms with Gasteiger partial charge in [0.15, 0.2) is 9.84 Å². The molecule has 0 spiro atoms. The normalized spacial score (nSPS) is 29.1. The third-order valence-corrected chi connectivity index (χ3v) is 6.39. The Morgan fingerprint density at radius 3 is 2.75 bits per heavy atom. The van der Waals surface area contributed by atoms with Gasteiger partial charge in [-0.2, -0.15) is 5.10 Å². The molecule has 1 aromatic heterocycles. The van der Waals surface area contributed by atoms with Crippen molar-refractivity contribution < 1.29 is 8.42 Å². The molecule has 2 unspecified atom stereocenters. The van der Waals surface area contributed by atoms with Crippen molar-refractivity contribution in [3.63, 3.8) is 0 Å². The first-order chi connectivity index (χ1) is 9.46. The highest BCUT2D eigenvalue weighted by Crippen LogP contribution is 2.27. The molecule has 20 heavy (non-hydrogen) atoms. The van der Waals surface area contributed by atoms with E-state index in [-0.39, 0.29) is 11.8 Å². The Bertz CT molecular complexity index is 600. The highest BCUT2D eigenvalue weighted by molar-refractivity contribution is 7.91. The number of sulfone groups is 1. The molecule has 0 radical (unpaired) electrons. The third-order valence-electron chi connectivity index (χ3n) is 4.64. The maximum Gasteiger partial charge on any atom is 0.152 e. The largest absolute Gasteiger partial charge is 0.314 e. The molecule has 0 saturated carbocycles. The van der Waals surface area contributed by atoms with Crippen molar-refractivity contribution in [1.29, 1.82) is 0 Å². The van der Waals surface area contributed by atoms with E-state index in [0.717, 1.165) is 24.4 Å². The molecule has 2 atom stereocenters. The Hall–Kier alpha value is -0.880. The van der Waals surface area contributed by atoms with Gasteiger partial charge in [0.05, 0.1) is 23.2 Å². The lowest BCUT2D eigenvalue weighted by Gasteiger charge is -2.13. The van der Waals surface area contributed by atoms with Crippen molar-refractivity contribution in [2.24, 2.45) is 0 Å². The average molecular weight is 297 g/mol. The Morgan fingerprint density at radius 2 is 2.15 bits per heavy atom. The van der Waals surface area contributed by atoms with Crippen molar-refractivity contribution in [2.45, 2.75) is 51.6 Å². The predicted octanol–water partition coefficient (Wildman–Crippen LogP) is 1.15. The molecule has 112 valence electrons. The molecule has 3 heterocycles. The van der Waals surface area contributed by atoms with Crippen LogP contribution in [0.4, 0.5) is 0 Å². The van der Waals surface area contributed by atoms with E-state index < -0.39 is 9.84 Å². The minimum atomic E-state index is -2.86. The van der Waals surface area contributed by atoms with E-state index in [0.29, 0.717) is 18.2 Å². The number of aromatic nitrogens is 2. The first-order valence-corrected chi connectivity index (χ1v) is 9.27. The highest BCUT2D eigenvalue weighted by atomic mass is 32.2. The maximum absolute atomic E-state index is 11.6. The average Bonchev–Trinajstić information content (AvgIpc) is 3.06. The topological polar surface area (TPSA) is 64.0 Å². The molecule has 3 rings (SSSR count). The van der Waals surface area contributed by atoms with Gasteiger partial charge in [-0.15, -0.1) is 0 Å². The van der Waals surface area contributed by atoms with E-state index in [1.807, 2.05) is 11.6 Å². The summed E-state index contributed by atoms with van der Waals surface area (Å²) < 4.78 is 25.3. The van der Waals surface area contributed by atoms with Gasteiger partial charge >= 0.3 is 0 Å². The zero-order chi connectivity index (χ0) is 14.3. The summed E-state index contributed by atoms with van der Waals surface area (Å²) in [5, 5.41) is 8.14. The lowest BCUT2D eigenvalue weighted by atomic mass is 10.0. The molecule has 2 saturated heterocycles. The molecule has 2 fully saturated rings. The minimum Gasteiger partial charge on any atom is -0.314 e. The van der Waals surface area contributed by atoms with Gasteiger partial charge in [0.25, 0.3) is 0 Å². The summed E-state index contributed by atoms with van der Waals surface area (Å²) >= 11 is 0. The van der Waals surface area contributed by atoms with Crippen molar-refractivity contribution in [3.8, 4) is 0 Å². The minimum absolute atomic E-state index is 0.0315. The second-order valence-corrected chi connectivity index (χ2v) is 8.38. The monoisotopic (exact) mass is 297 g/mol. The van der Waals surface area contributed by atoms with Crippen LogP contribution in [0.2, 0.25) is 0 Å². The second kappa shape index (κ2) is 5.15. The Labute approximate surface area is 120 Å². The molecule has 2 aliphatic heterocycles. The third kappa shape index (κ3) is 2.63. The van der Waals surface area contributed by atoms with E-state index in [2.05, 4.69) is 17.3 Å². The van der Waals surface area contributed by atoms with Gasteiger partial charge in [-0.25, -0.2) is 8.42 Å². The van der Waals surface area contributed by atoms with E-state index in [1.54, 1.807) is 0 Å². The van der Waals surface area contributed by atoms with Crippen LogP contribution in [0.15, 0.2) is 0 Å². The molecular weight excluding hydrogens is 274 g/mol. The predicted molar refractivity (Wildman–Crippen MR) is 78.7 cm³/mol.